The number of para-hydroxylation sites is 1. The molecule has 1 spiro atoms. The van der Waals surface area contributed by atoms with E-state index in [4.69, 9.17) is 13.3 Å². The minimum Gasteiger partial charge on any atom is -0.454 e. The Morgan fingerprint density at radius 1 is 0.474 bits per heavy atom. The van der Waals surface area contributed by atoms with Crippen LogP contribution < -0.4 is 25.5 Å². The van der Waals surface area contributed by atoms with Gasteiger partial charge in [-0.1, -0.05) is 146 Å². The number of fused-ring (bicyclic) bond motifs is 20. The third kappa shape index (κ3) is 6.40. The van der Waals surface area contributed by atoms with Crippen molar-refractivity contribution in [3.8, 4) is 22.3 Å². The molecular weight excluding hydrogens is 989 g/mol. The van der Waals surface area contributed by atoms with Crippen LogP contribution in [0.4, 0.5) is 40.0 Å². The van der Waals surface area contributed by atoms with Crippen LogP contribution in [0.3, 0.4) is 0 Å². The number of nitrogens with one attached hydrogen (secondary N) is 1. The van der Waals surface area contributed by atoms with Crippen LogP contribution in [0.5, 0.6) is 0 Å². The Labute approximate surface area is 454 Å². The fourth-order valence-electron chi connectivity index (χ4n) is 13.3. The number of aromatic nitrogens is 1. The molecule has 374 valence electrons. The van der Waals surface area contributed by atoms with Crippen molar-refractivity contribution in [2.45, 2.75) is 31.6 Å². The maximum Gasteiger partial charge on any atom is 0.227 e. The lowest BCUT2D eigenvalue weighted by molar-refractivity contribution is 0.628. The summed E-state index contributed by atoms with van der Waals surface area (Å²) in [6.07, 6.45) is 6.11. The average molecular weight is 1040 g/mol. The molecule has 1 N–H and O–H groups in total. The van der Waals surface area contributed by atoms with E-state index in [1.54, 1.807) is 6.20 Å². The summed E-state index contributed by atoms with van der Waals surface area (Å²) in [6.45, 7) is 10.3. The smallest absolute Gasteiger partial charge is 0.227 e. The maximum atomic E-state index is 7.32. The highest BCUT2D eigenvalue weighted by Gasteiger charge is 2.53. The van der Waals surface area contributed by atoms with Crippen LogP contribution in [0.1, 0.15) is 27.8 Å². The van der Waals surface area contributed by atoms with Crippen molar-refractivity contribution in [3.63, 3.8) is 0 Å². The van der Waals surface area contributed by atoms with Crippen LogP contribution >= 0.6 is 0 Å². The molecule has 0 saturated heterocycles. The van der Waals surface area contributed by atoms with Crippen LogP contribution in [0, 0.1) is 0 Å². The Hall–Kier alpha value is -9.16. The number of anilines is 7. The largest absolute Gasteiger partial charge is 0.454 e. The van der Waals surface area contributed by atoms with Crippen LogP contribution in [0.15, 0.2) is 220 Å². The molecule has 3 aliphatic rings. The molecule has 0 saturated carbocycles. The summed E-state index contributed by atoms with van der Waals surface area (Å²) in [5, 5.41) is 11.6. The van der Waals surface area contributed by atoms with Gasteiger partial charge in [0.15, 0.2) is 5.58 Å². The summed E-state index contributed by atoms with van der Waals surface area (Å²) < 4.78 is 20.5. The summed E-state index contributed by atoms with van der Waals surface area (Å²) in [7, 11) is -2.18. The van der Waals surface area contributed by atoms with Gasteiger partial charge in [0.05, 0.1) is 34.4 Å². The van der Waals surface area contributed by atoms with E-state index in [2.05, 4.69) is 246 Å². The lowest BCUT2D eigenvalue weighted by Crippen LogP contribution is -2.27. The number of benzene rings is 9. The van der Waals surface area contributed by atoms with Crippen molar-refractivity contribution in [1.29, 1.82) is 0 Å². The number of hydrogen-bond acceptors (Lipinski definition) is 7. The molecule has 0 atom stereocenters. The molecule has 13 aromatic rings. The molecule has 0 radical (unpaired) electrons. The van der Waals surface area contributed by atoms with E-state index in [1.807, 2.05) is 6.07 Å². The average Bonchev–Trinajstić information content (AvgIpc) is 2.62. The van der Waals surface area contributed by atoms with E-state index in [1.165, 1.54) is 54.9 Å². The molecule has 16 rings (SSSR count). The fraction of sp³-hybridized carbons (Fsp3) is 0.0870. The van der Waals surface area contributed by atoms with Gasteiger partial charge in [0.25, 0.3) is 0 Å². The van der Waals surface area contributed by atoms with Gasteiger partial charge in [-0.3, -0.25) is 0 Å². The lowest BCUT2D eigenvalue weighted by Gasteiger charge is -2.33. The third-order valence-corrected chi connectivity index (χ3v) is 20.4. The van der Waals surface area contributed by atoms with Gasteiger partial charge >= 0.3 is 0 Å². The molecule has 0 amide bonds. The molecule has 4 aromatic heterocycles. The van der Waals surface area contributed by atoms with E-state index >= 15 is 0 Å². The van der Waals surface area contributed by atoms with Gasteiger partial charge in [-0.15, -0.1) is 0 Å². The van der Waals surface area contributed by atoms with Crippen molar-refractivity contribution < 1.29 is 13.3 Å². The molecule has 0 unspecified atom stereocenters. The summed E-state index contributed by atoms with van der Waals surface area (Å²) >= 11 is 0. The summed E-state index contributed by atoms with van der Waals surface area (Å²) in [5.41, 5.74) is 20.2. The molecule has 2 aliphatic carbocycles. The summed E-state index contributed by atoms with van der Waals surface area (Å²) in [4.78, 5) is 9.41. The van der Waals surface area contributed by atoms with E-state index in [0.717, 1.165) is 101 Å². The zero-order chi connectivity index (χ0) is 52.0. The van der Waals surface area contributed by atoms with Crippen LogP contribution in [0.2, 0.25) is 26.2 Å². The second kappa shape index (κ2) is 16.9. The first-order valence-electron chi connectivity index (χ1n) is 27.2. The molecule has 5 heterocycles. The van der Waals surface area contributed by atoms with E-state index < -0.39 is 23.0 Å². The second-order valence-corrected chi connectivity index (χ2v) is 27.8. The van der Waals surface area contributed by atoms with Gasteiger partial charge in [-0.2, -0.15) is 0 Å². The Balaban J connectivity index is 1.000. The van der Waals surface area contributed by atoms with Gasteiger partial charge in [0.1, 0.15) is 16.7 Å². The first-order chi connectivity index (χ1) is 38.3. The number of furan rings is 3. The third-order valence-electron chi connectivity index (χ3n) is 16.9. The van der Waals surface area contributed by atoms with Crippen molar-refractivity contribution in [2.75, 3.05) is 21.7 Å². The van der Waals surface area contributed by atoms with E-state index in [0.29, 0.717) is 5.71 Å². The molecule has 9 heteroatoms. The summed E-state index contributed by atoms with van der Waals surface area (Å²) in [5.74, 6) is 0.803. The Bertz CT molecular complexity index is 4620. The Morgan fingerprint density at radius 3 is 1.81 bits per heavy atom. The minimum atomic E-state index is -1.11. The van der Waals surface area contributed by atoms with Gasteiger partial charge in [-0.05, 0) is 129 Å². The molecule has 78 heavy (non-hydrogen) atoms. The van der Waals surface area contributed by atoms with E-state index in [-0.39, 0.29) is 0 Å². The normalized spacial score (nSPS) is 13.7. The molecule has 1 aliphatic heterocycles. The van der Waals surface area contributed by atoms with Crippen LogP contribution in [-0.2, 0) is 5.41 Å². The highest BCUT2D eigenvalue weighted by atomic mass is 28.3. The van der Waals surface area contributed by atoms with Gasteiger partial charge < -0.3 is 28.4 Å². The molecule has 0 bridgehead atoms. The van der Waals surface area contributed by atoms with Gasteiger partial charge in [-0.25, -0.2) is 4.98 Å². The Kier molecular flexibility index (Phi) is 9.78. The monoisotopic (exact) mass is 1040 g/mol. The maximum absolute atomic E-state index is 7.32. The van der Waals surface area contributed by atoms with Crippen LogP contribution in [-0.4, -0.2) is 29.1 Å². The molecule has 7 nitrogen and oxygen atoms in total. The highest BCUT2D eigenvalue weighted by molar-refractivity contribution is 6.71. The SMILES string of the molecule is C[SiH](C)c1ccc(N(c2ccc3c(c2)C2(c4ccccc4-c4ccccc42)c2cc(N(c4ccc([SiH](C)C)cc4)c4ccc5c6c(oc5c4)NCC=C6)c4oc5ccccc5c4c2-3)c2ccc3c(c2)oc2ncccc23)cc1. The zero-order valence-electron chi connectivity index (χ0n) is 43.6. The zero-order valence-corrected chi connectivity index (χ0v) is 45.9. The Morgan fingerprint density at radius 2 is 1.08 bits per heavy atom. The minimum absolute atomic E-state index is 0.637. The van der Waals surface area contributed by atoms with Gasteiger partial charge in [0.2, 0.25) is 11.6 Å². The van der Waals surface area contributed by atoms with Crippen molar-refractivity contribution >= 4 is 129 Å². The van der Waals surface area contributed by atoms with Crippen molar-refractivity contribution in [3.05, 3.63) is 234 Å². The quantitative estimate of drug-likeness (QED) is 0.152. The number of pyridine rings is 1. The fourth-order valence-corrected chi connectivity index (χ4v) is 15.2. The number of nitrogens with zero attached hydrogens (tertiary/aromatic N) is 3. The lowest BCUT2D eigenvalue weighted by atomic mass is 9.70. The van der Waals surface area contributed by atoms with Crippen molar-refractivity contribution in [1.82, 2.24) is 4.98 Å². The van der Waals surface area contributed by atoms with Gasteiger partial charge in [0, 0.05) is 80.1 Å². The van der Waals surface area contributed by atoms with Crippen LogP contribution in [0.25, 0.3) is 83.3 Å². The first-order valence-corrected chi connectivity index (χ1v) is 33.0. The predicted molar refractivity (Wildman–Crippen MR) is 329 cm³/mol. The molecule has 0 fully saturated rings. The highest BCUT2D eigenvalue weighted by Crippen LogP contribution is 2.66. The standard InChI is InChI=1S/C69H52N4O3Si2/c1-77(2)46-28-21-41(22-29-46)72(44-25-32-50-52-16-11-35-70-67(52)75-62(50)38-44)43-27-34-54-58(37-43)69(56-18-8-5-13-48(56)49-14-6-9-19-57(49)69)59-40-60(66-65(64(54)59)55-15-7-10-20-61(55)74-66)73(42-23-30-47(31-24-42)78(3)4)45-26-33-51-53-17-12-36-71-68(53)76-63(51)39-45/h5-35,37-40,71,77-78H,36H2,1-4H3. The predicted octanol–water partition coefficient (Wildman–Crippen LogP) is 16.7. The van der Waals surface area contributed by atoms with E-state index in [9.17, 15) is 0 Å². The molecule has 9 aromatic carbocycles. The number of hydrogen-bond donors (Lipinski definition) is 1. The number of rotatable bonds is 8. The molecular formula is C69H52N4O3Si2. The topological polar surface area (TPSA) is 70.8 Å². The summed E-state index contributed by atoms with van der Waals surface area (Å²) in [6, 6.07) is 72.3. The first kappa shape index (κ1) is 45.1. The van der Waals surface area contributed by atoms with Crippen molar-refractivity contribution in [2.24, 2.45) is 0 Å². The second-order valence-electron chi connectivity index (χ2n) is 21.8.